The highest BCUT2D eigenvalue weighted by Gasteiger charge is 2.14. The maximum Gasteiger partial charge on any atom is 0.134 e. The van der Waals surface area contributed by atoms with Crippen LogP contribution < -0.4 is 10.1 Å². The van der Waals surface area contributed by atoms with Crippen molar-refractivity contribution in [3.05, 3.63) is 87.9 Å². The van der Waals surface area contributed by atoms with E-state index in [0.29, 0.717) is 6.54 Å². The first-order valence-corrected chi connectivity index (χ1v) is 12.5. The first-order chi connectivity index (χ1) is 16.7. The van der Waals surface area contributed by atoms with Crippen molar-refractivity contribution in [3.63, 3.8) is 0 Å². The third kappa shape index (κ3) is 6.67. The number of hydrogen-bond acceptors (Lipinski definition) is 5. The summed E-state index contributed by atoms with van der Waals surface area (Å²) >= 11 is 3.58. The fourth-order valence-electron chi connectivity index (χ4n) is 3.90. The molecule has 0 aliphatic rings. The fraction of sp³-hybridized carbons (Fsp3) is 0.276. The Hall–Kier alpha value is -3.25. The van der Waals surface area contributed by atoms with Crippen molar-refractivity contribution in [2.45, 2.75) is 40.7 Å². The molecule has 4 aromatic rings. The summed E-state index contributed by atoms with van der Waals surface area (Å²) in [6, 6.07) is 18.5. The zero-order valence-corrected chi connectivity index (χ0v) is 22.5. The van der Waals surface area contributed by atoms with E-state index in [4.69, 9.17) is 9.72 Å². The Balaban J connectivity index is 1.69. The molecule has 0 aliphatic carbocycles. The Bertz CT molecular complexity index is 1360. The van der Waals surface area contributed by atoms with Gasteiger partial charge in [0.1, 0.15) is 17.9 Å². The van der Waals surface area contributed by atoms with E-state index in [9.17, 15) is 0 Å². The van der Waals surface area contributed by atoms with Crippen LogP contribution in [0.1, 0.15) is 50.2 Å². The summed E-state index contributed by atoms with van der Waals surface area (Å²) in [4.78, 5) is 14.0. The van der Waals surface area contributed by atoms with Crippen molar-refractivity contribution in [1.29, 1.82) is 0 Å². The number of nitrogens with zero attached hydrogens (tertiary/aromatic N) is 3. The van der Waals surface area contributed by atoms with Crippen LogP contribution in [0.15, 0.2) is 65.4 Å². The molecule has 0 saturated carbocycles. The minimum atomic E-state index is 0.164. The van der Waals surface area contributed by atoms with E-state index in [-0.39, 0.29) is 5.41 Å². The fourth-order valence-corrected chi connectivity index (χ4v) is 4.28. The van der Waals surface area contributed by atoms with Crippen LogP contribution in [0.5, 0.6) is 5.75 Å². The van der Waals surface area contributed by atoms with Gasteiger partial charge in [-0.1, -0.05) is 48.8 Å². The maximum absolute atomic E-state index is 5.27. The monoisotopic (exact) mass is 530 g/mol. The van der Waals surface area contributed by atoms with Crippen molar-refractivity contribution in [2.75, 3.05) is 12.4 Å². The van der Waals surface area contributed by atoms with E-state index >= 15 is 0 Å². The van der Waals surface area contributed by atoms with Gasteiger partial charge in [-0.05, 0) is 78.4 Å². The summed E-state index contributed by atoms with van der Waals surface area (Å²) in [6.07, 6.45) is 4.70. The molecule has 35 heavy (non-hydrogen) atoms. The van der Waals surface area contributed by atoms with Crippen LogP contribution in [0.2, 0.25) is 0 Å². The van der Waals surface area contributed by atoms with Gasteiger partial charge in [0, 0.05) is 27.7 Å². The summed E-state index contributed by atoms with van der Waals surface area (Å²) < 4.78 is 6.30. The lowest BCUT2D eigenvalue weighted by Gasteiger charge is -2.17. The summed E-state index contributed by atoms with van der Waals surface area (Å²) in [5, 5.41) is 4.61. The smallest absolute Gasteiger partial charge is 0.134 e. The molecular formula is C29H31BrN4O. The number of hydrogen-bond donors (Lipinski definition) is 1. The molecule has 0 radical (unpaired) electrons. The number of anilines is 1. The summed E-state index contributed by atoms with van der Waals surface area (Å²) in [5.74, 6) is 1.68. The number of nitrogens with one attached hydrogen (secondary N) is 1. The van der Waals surface area contributed by atoms with E-state index in [0.717, 1.165) is 61.5 Å². The van der Waals surface area contributed by atoms with Gasteiger partial charge in [0.25, 0.3) is 0 Å². The lowest BCUT2D eigenvalue weighted by atomic mass is 9.90. The standard InChI is InChI=1S/C29H31BrN4O/c1-19(27-15-24(32-18-33-27)16-29(2,3)4)12-22-13-21-14-23(30)8-11-26(21)34-28(22)31-17-20-6-9-25(35-5)10-7-20/h6-15,18H,16-17H2,1-5H3,(H,31,34). The zero-order chi connectivity index (χ0) is 25.0. The Kier molecular flexibility index (Phi) is 7.51. The van der Waals surface area contributed by atoms with Gasteiger partial charge >= 0.3 is 0 Å². The van der Waals surface area contributed by atoms with Gasteiger partial charge in [-0.25, -0.2) is 15.0 Å². The van der Waals surface area contributed by atoms with E-state index in [2.05, 4.69) is 95.3 Å². The molecule has 2 aromatic heterocycles. The average molecular weight is 531 g/mol. The molecule has 0 fully saturated rings. The van der Waals surface area contributed by atoms with Crippen molar-refractivity contribution >= 4 is 44.3 Å². The molecule has 4 rings (SSSR count). The first-order valence-electron chi connectivity index (χ1n) is 11.7. The number of allylic oxidation sites excluding steroid dienone is 1. The number of fused-ring (bicyclic) bond motifs is 1. The molecule has 1 N–H and O–H groups in total. The second-order valence-electron chi connectivity index (χ2n) is 9.92. The van der Waals surface area contributed by atoms with Crippen LogP contribution in [0, 0.1) is 5.41 Å². The first kappa shape index (κ1) is 24.9. The SMILES string of the molecule is COc1ccc(CNc2nc3ccc(Br)cc3cc2C=C(C)c2cc(CC(C)(C)C)ncn2)cc1. The molecule has 0 unspecified atom stereocenters. The Morgan fingerprint density at radius 3 is 2.51 bits per heavy atom. The number of aromatic nitrogens is 3. The molecule has 2 aromatic carbocycles. The minimum Gasteiger partial charge on any atom is -0.497 e. The van der Waals surface area contributed by atoms with Crippen LogP contribution in [0.25, 0.3) is 22.6 Å². The zero-order valence-electron chi connectivity index (χ0n) is 20.9. The lowest BCUT2D eigenvalue weighted by Crippen LogP contribution is -2.11. The summed E-state index contributed by atoms with van der Waals surface area (Å²) in [7, 11) is 1.68. The number of ether oxygens (including phenoxy) is 1. The average Bonchev–Trinajstić information content (AvgIpc) is 2.82. The third-order valence-corrected chi connectivity index (χ3v) is 6.13. The van der Waals surface area contributed by atoms with Crippen LogP contribution >= 0.6 is 15.9 Å². The van der Waals surface area contributed by atoms with Crippen LogP contribution in [0.3, 0.4) is 0 Å². The number of rotatable bonds is 7. The van der Waals surface area contributed by atoms with Gasteiger partial charge in [-0.15, -0.1) is 0 Å². The Labute approximate surface area is 215 Å². The third-order valence-electron chi connectivity index (χ3n) is 5.64. The highest BCUT2D eigenvalue weighted by atomic mass is 79.9. The molecule has 0 spiro atoms. The molecular weight excluding hydrogens is 500 g/mol. The van der Waals surface area contributed by atoms with Gasteiger partial charge < -0.3 is 10.1 Å². The molecule has 2 heterocycles. The molecule has 0 atom stereocenters. The van der Waals surface area contributed by atoms with E-state index < -0.39 is 0 Å². The Morgan fingerprint density at radius 2 is 1.80 bits per heavy atom. The molecule has 5 nitrogen and oxygen atoms in total. The van der Waals surface area contributed by atoms with Crippen LogP contribution in [-0.2, 0) is 13.0 Å². The van der Waals surface area contributed by atoms with Crippen molar-refractivity contribution < 1.29 is 4.74 Å². The predicted octanol–water partition coefficient (Wildman–Crippen LogP) is 7.56. The highest BCUT2D eigenvalue weighted by Crippen LogP contribution is 2.28. The second-order valence-corrected chi connectivity index (χ2v) is 10.8. The quantitative estimate of drug-likeness (QED) is 0.267. The van der Waals surface area contributed by atoms with Crippen molar-refractivity contribution in [2.24, 2.45) is 5.41 Å². The lowest BCUT2D eigenvalue weighted by molar-refractivity contribution is 0.406. The molecule has 6 heteroatoms. The van der Waals surface area contributed by atoms with E-state index in [1.54, 1.807) is 13.4 Å². The predicted molar refractivity (Wildman–Crippen MR) is 148 cm³/mol. The van der Waals surface area contributed by atoms with Gasteiger partial charge in [-0.3, -0.25) is 0 Å². The second kappa shape index (κ2) is 10.6. The molecule has 180 valence electrons. The number of pyridine rings is 1. The van der Waals surface area contributed by atoms with Crippen LogP contribution in [-0.4, -0.2) is 22.1 Å². The van der Waals surface area contributed by atoms with Gasteiger partial charge in [0.15, 0.2) is 0 Å². The minimum absolute atomic E-state index is 0.164. The van der Waals surface area contributed by atoms with Crippen molar-refractivity contribution in [3.8, 4) is 5.75 Å². The molecule has 0 saturated heterocycles. The van der Waals surface area contributed by atoms with Gasteiger partial charge in [-0.2, -0.15) is 0 Å². The Morgan fingerprint density at radius 1 is 1.03 bits per heavy atom. The normalized spacial score (nSPS) is 12.1. The number of methoxy groups -OCH3 is 1. The highest BCUT2D eigenvalue weighted by molar-refractivity contribution is 9.10. The number of benzene rings is 2. The largest absolute Gasteiger partial charge is 0.497 e. The van der Waals surface area contributed by atoms with E-state index in [1.165, 1.54) is 0 Å². The summed E-state index contributed by atoms with van der Waals surface area (Å²) in [6.45, 7) is 9.40. The maximum atomic E-state index is 5.27. The summed E-state index contributed by atoms with van der Waals surface area (Å²) in [5.41, 5.74) is 6.30. The molecule has 0 bridgehead atoms. The topological polar surface area (TPSA) is 59.9 Å². The molecule has 0 aliphatic heterocycles. The van der Waals surface area contributed by atoms with Crippen LogP contribution in [0.4, 0.5) is 5.82 Å². The van der Waals surface area contributed by atoms with Gasteiger partial charge in [0.2, 0.25) is 0 Å². The number of halogens is 1. The molecule has 0 amide bonds. The van der Waals surface area contributed by atoms with Gasteiger partial charge in [0.05, 0.1) is 18.3 Å². The van der Waals surface area contributed by atoms with Crippen molar-refractivity contribution in [1.82, 2.24) is 15.0 Å². The van der Waals surface area contributed by atoms with E-state index in [1.807, 2.05) is 24.3 Å².